The first-order valence-electron chi connectivity index (χ1n) is 6.44. The molecule has 12 heteroatoms. The van der Waals surface area contributed by atoms with Gasteiger partial charge < -0.3 is 30.6 Å². The number of aliphatic hydroxyl groups excluding tert-OH is 6. The standard InChI is InChI=1S/C10H21NO10S/c12-3-5-9(16)10(17)7(15)2-11(5)1-6(14)8(4-13)21-22(18,19)20/h5-10,12-17H,1-4H2,(H,18,19,20)/t5-,6+,7+,8-,9-,10-/m1/s1. The summed E-state index contributed by atoms with van der Waals surface area (Å²) in [6.45, 7) is -2.13. The Morgan fingerprint density at radius 3 is 2.23 bits per heavy atom. The molecule has 11 nitrogen and oxygen atoms in total. The predicted octanol–water partition coefficient (Wildman–Crippen LogP) is -4.71. The van der Waals surface area contributed by atoms with Gasteiger partial charge in [-0.25, -0.2) is 4.18 Å². The summed E-state index contributed by atoms with van der Waals surface area (Å²) in [5, 5.41) is 57.0. The molecule has 0 amide bonds. The molecule has 1 aliphatic heterocycles. The van der Waals surface area contributed by atoms with Crippen LogP contribution < -0.4 is 0 Å². The number of piperidine rings is 1. The number of β-amino-alcohol motifs (C(OH)–C–C–N with tert-alkyl or cyclic N) is 2. The minimum Gasteiger partial charge on any atom is -0.395 e. The molecular formula is C10H21NO10S. The van der Waals surface area contributed by atoms with Gasteiger partial charge in [-0.1, -0.05) is 0 Å². The third-order valence-corrected chi connectivity index (χ3v) is 3.98. The van der Waals surface area contributed by atoms with Crippen molar-refractivity contribution in [1.82, 2.24) is 4.90 Å². The lowest BCUT2D eigenvalue weighted by Crippen LogP contribution is -2.64. The maximum Gasteiger partial charge on any atom is 0.397 e. The molecule has 0 aromatic rings. The molecule has 6 atom stereocenters. The molecule has 0 unspecified atom stereocenters. The molecule has 1 heterocycles. The Kier molecular flexibility index (Phi) is 7.07. The van der Waals surface area contributed by atoms with E-state index in [0.29, 0.717) is 0 Å². The van der Waals surface area contributed by atoms with Crippen molar-refractivity contribution < 1.29 is 47.8 Å². The average molecular weight is 347 g/mol. The van der Waals surface area contributed by atoms with E-state index < -0.39 is 66.7 Å². The maximum absolute atomic E-state index is 10.6. The second-order valence-corrected chi connectivity index (χ2v) is 6.11. The van der Waals surface area contributed by atoms with E-state index in [-0.39, 0.29) is 6.54 Å². The Labute approximate surface area is 126 Å². The molecule has 7 N–H and O–H groups in total. The summed E-state index contributed by atoms with van der Waals surface area (Å²) in [6.07, 6.45) is -7.60. The maximum atomic E-state index is 10.6. The van der Waals surface area contributed by atoms with E-state index in [4.69, 9.17) is 9.66 Å². The van der Waals surface area contributed by atoms with Gasteiger partial charge in [-0.2, -0.15) is 8.42 Å². The molecule has 22 heavy (non-hydrogen) atoms. The highest BCUT2D eigenvalue weighted by atomic mass is 32.3. The molecular weight excluding hydrogens is 326 g/mol. The molecule has 0 aromatic carbocycles. The summed E-state index contributed by atoms with van der Waals surface area (Å²) in [5.41, 5.74) is 0. The lowest BCUT2D eigenvalue weighted by molar-refractivity contribution is -0.153. The third kappa shape index (κ3) is 5.06. The number of likely N-dealkylation sites (tertiary alicyclic amines) is 1. The first-order valence-corrected chi connectivity index (χ1v) is 7.81. The SMILES string of the molecule is O=S(=O)(O)O[C@H](CO)[C@@H](O)CN1C[C@H](O)[C@@H](O)[C@H](O)[C@H]1CO. The van der Waals surface area contributed by atoms with Crippen molar-refractivity contribution in [3.8, 4) is 0 Å². The fourth-order valence-electron chi connectivity index (χ4n) is 2.32. The first-order chi connectivity index (χ1) is 10.1. The lowest BCUT2D eigenvalue weighted by Gasteiger charge is -2.44. The lowest BCUT2D eigenvalue weighted by atomic mass is 9.93. The second-order valence-electron chi connectivity index (χ2n) is 5.06. The van der Waals surface area contributed by atoms with Gasteiger partial charge >= 0.3 is 10.4 Å². The zero-order valence-corrected chi connectivity index (χ0v) is 12.3. The molecule has 1 rings (SSSR count). The highest BCUT2D eigenvalue weighted by molar-refractivity contribution is 7.80. The number of hydrogen-bond acceptors (Lipinski definition) is 10. The summed E-state index contributed by atoms with van der Waals surface area (Å²) in [6, 6.07) is -1.02. The Morgan fingerprint density at radius 1 is 1.18 bits per heavy atom. The van der Waals surface area contributed by atoms with Gasteiger partial charge in [0.05, 0.1) is 31.5 Å². The number of nitrogens with zero attached hydrogens (tertiary/aromatic N) is 1. The smallest absolute Gasteiger partial charge is 0.395 e. The van der Waals surface area contributed by atoms with Crippen LogP contribution in [0.15, 0.2) is 0 Å². The van der Waals surface area contributed by atoms with Crippen LogP contribution in [0.2, 0.25) is 0 Å². The minimum absolute atomic E-state index is 0.218. The van der Waals surface area contributed by atoms with Crippen LogP contribution in [-0.2, 0) is 14.6 Å². The molecule has 1 fully saturated rings. The van der Waals surface area contributed by atoms with Crippen LogP contribution in [0.25, 0.3) is 0 Å². The van der Waals surface area contributed by atoms with Crippen LogP contribution in [0.5, 0.6) is 0 Å². The van der Waals surface area contributed by atoms with Crippen molar-refractivity contribution in [2.24, 2.45) is 0 Å². The minimum atomic E-state index is -4.90. The zero-order chi connectivity index (χ0) is 17.1. The molecule has 0 saturated carbocycles. The van der Waals surface area contributed by atoms with Crippen LogP contribution in [0.1, 0.15) is 0 Å². The van der Waals surface area contributed by atoms with Gasteiger partial charge in [-0.05, 0) is 0 Å². The van der Waals surface area contributed by atoms with Crippen LogP contribution in [0.3, 0.4) is 0 Å². The predicted molar refractivity (Wildman–Crippen MR) is 70.0 cm³/mol. The number of aliphatic hydroxyl groups is 6. The molecule has 0 bridgehead atoms. The molecule has 0 aromatic heterocycles. The molecule has 132 valence electrons. The van der Waals surface area contributed by atoms with Crippen LogP contribution >= 0.6 is 0 Å². The van der Waals surface area contributed by atoms with E-state index in [1.807, 2.05) is 0 Å². The summed E-state index contributed by atoms with van der Waals surface area (Å²) < 4.78 is 33.9. The molecule has 1 aliphatic rings. The normalized spacial score (nSPS) is 33.6. The van der Waals surface area contributed by atoms with Crippen molar-refractivity contribution in [1.29, 1.82) is 0 Å². The Morgan fingerprint density at radius 2 is 1.77 bits per heavy atom. The summed E-state index contributed by atoms with van der Waals surface area (Å²) in [4.78, 5) is 1.21. The van der Waals surface area contributed by atoms with Gasteiger partial charge in [0.1, 0.15) is 18.3 Å². The van der Waals surface area contributed by atoms with E-state index >= 15 is 0 Å². The third-order valence-electron chi connectivity index (χ3n) is 3.49. The highest BCUT2D eigenvalue weighted by Gasteiger charge is 2.42. The Bertz CT molecular complexity index is 445. The van der Waals surface area contributed by atoms with Crippen molar-refractivity contribution in [2.75, 3.05) is 26.3 Å². The van der Waals surface area contributed by atoms with Gasteiger partial charge in [0.2, 0.25) is 0 Å². The topological polar surface area (TPSA) is 188 Å². The van der Waals surface area contributed by atoms with Gasteiger partial charge in [0.15, 0.2) is 0 Å². The average Bonchev–Trinajstić information content (AvgIpc) is 2.41. The van der Waals surface area contributed by atoms with E-state index in [9.17, 15) is 34.0 Å². The van der Waals surface area contributed by atoms with Crippen molar-refractivity contribution in [2.45, 2.75) is 36.6 Å². The van der Waals surface area contributed by atoms with Crippen LogP contribution in [0.4, 0.5) is 0 Å². The fourth-order valence-corrected chi connectivity index (χ4v) is 2.82. The zero-order valence-electron chi connectivity index (χ0n) is 11.5. The van der Waals surface area contributed by atoms with E-state index in [1.54, 1.807) is 0 Å². The van der Waals surface area contributed by atoms with E-state index in [0.717, 1.165) is 0 Å². The van der Waals surface area contributed by atoms with Crippen LogP contribution in [-0.4, -0.2) is 111 Å². The Hall–Kier alpha value is -0.410. The van der Waals surface area contributed by atoms with Gasteiger partial charge in [0.25, 0.3) is 0 Å². The number of hydrogen-bond donors (Lipinski definition) is 7. The van der Waals surface area contributed by atoms with E-state index in [2.05, 4.69) is 4.18 Å². The summed E-state index contributed by atoms with van der Waals surface area (Å²) in [5.74, 6) is 0. The Balaban J connectivity index is 2.77. The van der Waals surface area contributed by atoms with Crippen molar-refractivity contribution >= 4 is 10.4 Å². The molecule has 0 radical (unpaired) electrons. The van der Waals surface area contributed by atoms with E-state index in [1.165, 1.54) is 4.90 Å². The van der Waals surface area contributed by atoms with Gasteiger partial charge in [0, 0.05) is 13.1 Å². The monoisotopic (exact) mass is 347 g/mol. The van der Waals surface area contributed by atoms with Crippen molar-refractivity contribution in [3.63, 3.8) is 0 Å². The molecule has 0 aliphatic carbocycles. The second kappa shape index (κ2) is 7.92. The largest absolute Gasteiger partial charge is 0.397 e. The van der Waals surface area contributed by atoms with Crippen molar-refractivity contribution in [3.05, 3.63) is 0 Å². The first kappa shape index (κ1) is 19.6. The van der Waals surface area contributed by atoms with Crippen LogP contribution in [0, 0.1) is 0 Å². The molecule has 1 saturated heterocycles. The quantitative estimate of drug-likeness (QED) is 0.219. The summed E-state index contributed by atoms with van der Waals surface area (Å²) >= 11 is 0. The molecule has 0 spiro atoms. The highest BCUT2D eigenvalue weighted by Crippen LogP contribution is 2.20. The van der Waals surface area contributed by atoms with Gasteiger partial charge in [-0.3, -0.25) is 9.45 Å². The van der Waals surface area contributed by atoms with Gasteiger partial charge in [-0.15, -0.1) is 0 Å². The number of rotatable bonds is 7. The summed E-state index contributed by atoms with van der Waals surface area (Å²) in [7, 11) is -4.90. The fraction of sp³-hybridized carbons (Fsp3) is 1.00.